The molecule has 0 amide bonds. The number of hydrogen-bond acceptors (Lipinski definition) is 3. The predicted octanol–water partition coefficient (Wildman–Crippen LogP) is 2.53. The van der Waals surface area contributed by atoms with Crippen LogP contribution >= 0.6 is 11.8 Å². The van der Waals surface area contributed by atoms with E-state index in [4.69, 9.17) is 4.74 Å². The average Bonchev–Trinajstić information content (AvgIpc) is 2.19. The van der Waals surface area contributed by atoms with E-state index in [1.807, 2.05) is 11.8 Å². The Morgan fingerprint density at radius 2 is 2.20 bits per heavy atom. The summed E-state index contributed by atoms with van der Waals surface area (Å²) in [6, 6.07) is 0.606. The molecule has 0 bridgehead atoms. The average molecular weight is 231 g/mol. The molecule has 0 saturated carbocycles. The van der Waals surface area contributed by atoms with E-state index in [0.29, 0.717) is 16.7 Å². The summed E-state index contributed by atoms with van der Waals surface area (Å²) < 4.78 is 5.91. The van der Waals surface area contributed by atoms with E-state index in [2.05, 4.69) is 33.1 Å². The highest BCUT2D eigenvalue weighted by Gasteiger charge is 2.24. The van der Waals surface area contributed by atoms with Crippen LogP contribution in [0.5, 0.6) is 0 Å². The van der Waals surface area contributed by atoms with Crippen LogP contribution in [0.15, 0.2) is 0 Å². The lowest BCUT2D eigenvalue weighted by molar-refractivity contribution is 0.0437. The van der Waals surface area contributed by atoms with Gasteiger partial charge in [-0.05, 0) is 25.8 Å². The molecule has 90 valence electrons. The van der Waals surface area contributed by atoms with Gasteiger partial charge in [0.1, 0.15) is 0 Å². The SMILES string of the molecule is CNC(CSC(C)(C)C)C1CCCOC1. The second kappa shape index (κ2) is 6.12. The number of hydrogen-bond donors (Lipinski definition) is 1. The van der Waals surface area contributed by atoms with Gasteiger partial charge in [-0.25, -0.2) is 0 Å². The molecule has 15 heavy (non-hydrogen) atoms. The van der Waals surface area contributed by atoms with Gasteiger partial charge >= 0.3 is 0 Å². The smallest absolute Gasteiger partial charge is 0.0509 e. The fraction of sp³-hybridized carbons (Fsp3) is 1.00. The lowest BCUT2D eigenvalue weighted by Crippen LogP contribution is -2.40. The number of thioether (sulfide) groups is 1. The summed E-state index contributed by atoms with van der Waals surface area (Å²) in [4.78, 5) is 0. The summed E-state index contributed by atoms with van der Waals surface area (Å²) in [6.07, 6.45) is 2.54. The Labute approximate surface area is 98.5 Å². The first-order chi connectivity index (χ1) is 7.03. The van der Waals surface area contributed by atoms with Gasteiger partial charge < -0.3 is 10.1 Å². The van der Waals surface area contributed by atoms with E-state index >= 15 is 0 Å². The van der Waals surface area contributed by atoms with Crippen LogP contribution in [0.1, 0.15) is 33.6 Å². The van der Waals surface area contributed by atoms with Crippen LogP contribution in [0.4, 0.5) is 0 Å². The largest absolute Gasteiger partial charge is 0.381 e. The normalized spacial score (nSPS) is 25.2. The van der Waals surface area contributed by atoms with Gasteiger partial charge in [-0.15, -0.1) is 0 Å². The highest BCUT2D eigenvalue weighted by molar-refractivity contribution is 8.00. The Bertz CT molecular complexity index is 173. The standard InChI is InChI=1S/C12H25NOS/c1-12(2,3)15-9-11(13-4)10-6-5-7-14-8-10/h10-11,13H,5-9H2,1-4H3. The minimum absolute atomic E-state index is 0.366. The van der Waals surface area contributed by atoms with Crippen molar-refractivity contribution in [2.75, 3.05) is 26.0 Å². The number of ether oxygens (including phenoxy) is 1. The van der Waals surface area contributed by atoms with Crippen molar-refractivity contribution >= 4 is 11.8 Å². The highest BCUT2D eigenvalue weighted by Crippen LogP contribution is 2.27. The molecule has 0 aromatic rings. The van der Waals surface area contributed by atoms with Crippen LogP contribution in [0.25, 0.3) is 0 Å². The highest BCUT2D eigenvalue weighted by atomic mass is 32.2. The molecule has 1 saturated heterocycles. The van der Waals surface area contributed by atoms with E-state index in [-0.39, 0.29) is 0 Å². The van der Waals surface area contributed by atoms with Crippen molar-refractivity contribution in [2.24, 2.45) is 5.92 Å². The van der Waals surface area contributed by atoms with Crippen LogP contribution in [-0.2, 0) is 4.74 Å². The molecule has 1 rings (SSSR count). The molecule has 1 aliphatic rings. The summed E-state index contributed by atoms with van der Waals surface area (Å²) >= 11 is 2.04. The van der Waals surface area contributed by atoms with Gasteiger partial charge in [0, 0.05) is 23.1 Å². The predicted molar refractivity (Wildman–Crippen MR) is 68.6 cm³/mol. The van der Waals surface area contributed by atoms with Crippen molar-refractivity contribution in [1.82, 2.24) is 5.32 Å². The molecule has 2 nitrogen and oxygen atoms in total. The summed E-state index contributed by atoms with van der Waals surface area (Å²) in [5.74, 6) is 1.90. The molecule has 2 unspecified atom stereocenters. The van der Waals surface area contributed by atoms with Gasteiger partial charge in [-0.2, -0.15) is 11.8 Å². The molecule has 2 atom stereocenters. The van der Waals surface area contributed by atoms with Crippen molar-refractivity contribution in [3.05, 3.63) is 0 Å². The van der Waals surface area contributed by atoms with E-state index in [1.165, 1.54) is 18.6 Å². The van der Waals surface area contributed by atoms with Crippen molar-refractivity contribution in [3.63, 3.8) is 0 Å². The molecule has 1 N–H and O–H groups in total. The first-order valence-corrected chi connectivity index (χ1v) is 6.90. The van der Waals surface area contributed by atoms with Crippen LogP contribution in [0.3, 0.4) is 0 Å². The molecular formula is C12H25NOS. The second-order valence-electron chi connectivity index (χ2n) is 5.30. The van der Waals surface area contributed by atoms with Crippen LogP contribution in [0, 0.1) is 5.92 Å². The minimum atomic E-state index is 0.366. The van der Waals surface area contributed by atoms with Gasteiger partial charge in [0.25, 0.3) is 0 Å². The van der Waals surface area contributed by atoms with E-state index in [0.717, 1.165) is 13.2 Å². The molecule has 1 heterocycles. The van der Waals surface area contributed by atoms with Crippen molar-refractivity contribution in [3.8, 4) is 0 Å². The van der Waals surface area contributed by atoms with Gasteiger partial charge in [-0.3, -0.25) is 0 Å². The topological polar surface area (TPSA) is 21.3 Å². The third-order valence-electron chi connectivity index (χ3n) is 2.83. The summed E-state index contributed by atoms with van der Waals surface area (Å²) in [5, 5.41) is 3.44. The first-order valence-electron chi connectivity index (χ1n) is 5.92. The number of rotatable bonds is 4. The van der Waals surface area contributed by atoms with Crippen molar-refractivity contribution < 1.29 is 4.74 Å². The van der Waals surface area contributed by atoms with E-state index in [9.17, 15) is 0 Å². The monoisotopic (exact) mass is 231 g/mol. The molecule has 0 aromatic carbocycles. The first kappa shape index (κ1) is 13.3. The van der Waals surface area contributed by atoms with Crippen molar-refractivity contribution in [2.45, 2.75) is 44.4 Å². The van der Waals surface area contributed by atoms with Crippen LogP contribution in [-0.4, -0.2) is 36.8 Å². The maximum absolute atomic E-state index is 5.55. The molecular weight excluding hydrogens is 206 g/mol. The maximum Gasteiger partial charge on any atom is 0.0509 e. The van der Waals surface area contributed by atoms with Gasteiger partial charge in [0.05, 0.1) is 6.61 Å². The zero-order valence-corrected chi connectivity index (χ0v) is 11.3. The molecule has 0 radical (unpaired) electrons. The Morgan fingerprint density at radius 1 is 1.47 bits per heavy atom. The molecule has 0 spiro atoms. The summed E-state index contributed by atoms with van der Waals surface area (Å²) in [7, 11) is 2.07. The Hall–Kier alpha value is 0.270. The fourth-order valence-corrected chi connectivity index (χ4v) is 3.00. The molecule has 0 aliphatic carbocycles. The lowest BCUT2D eigenvalue weighted by atomic mass is 9.95. The van der Waals surface area contributed by atoms with Crippen LogP contribution in [0.2, 0.25) is 0 Å². The molecule has 0 aromatic heterocycles. The summed E-state index contributed by atoms with van der Waals surface area (Å²) in [6.45, 7) is 8.74. The molecule has 1 fully saturated rings. The van der Waals surface area contributed by atoms with Gasteiger partial charge in [-0.1, -0.05) is 20.8 Å². The number of nitrogens with one attached hydrogen (secondary N) is 1. The summed E-state index contributed by atoms with van der Waals surface area (Å²) in [5.41, 5.74) is 0. The quantitative estimate of drug-likeness (QED) is 0.803. The third kappa shape index (κ3) is 5.23. The Balaban J connectivity index is 2.34. The lowest BCUT2D eigenvalue weighted by Gasteiger charge is -2.31. The molecule has 1 aliphatic heterocycles. The van der Waals surface area contributed by atoms with Gasteiger partial charge in [0.15, 0.2) is 0 Å². The third-order valence-corrected chi connectivity index (χ3v) is 4.22. The Morgan fingerprint density at radius 3 is 2.67 bits per heavy atom. The minimum Gasteiger partial charge on any atom is -0.381 e. The Kier molecular flexibility index (Phi) is 5.44. The zero-order chi connectivity index (χ0) is 11.3. The zero-order valence-electron chi connectivity index (χ0n) is 10.5. The van der Waals surface area contributed by atoms with Crippen molar-refractivity contribution in [1.29, 1.82) is 0 Å². The van der Waals surface area contributed by atoms with Gasteiger partial charge in [0.2, 0.25) is 0 Å². The second-order valence-corrected chi connectivity index (χ2v) is 7.14. The van der Waals surface area contributed by atoms with E-state index < -0.39 is 0 Å². The maximum atomic E-state index is 5.55. The fourth-order valence-electron chi connectivity index (χ4n) is 1.88. The van der Waals surface area contributed by atoms with E-state index in [1.54, 1.807) is 0 Å². The molecule has 3 heteroatoms. The van der Waals surface area contributed by atoms with Crippen LogP contribution < -0.4 is 5.32 Å².